The molecule has 1 aromatic carbocycles. The molecule has 1 heterocycles. The van der Waals surface area contributed by atoms with Gasteiger partial charge in [0.1, 0.15) is 5.82 Å². The number of hydrogen-bond acceptors (Lipinski definition) is 6. The minimum atomic E-state index is -0.280. The third kappa shape index (κ3) is 4.53. The lowest BCUT2D eigenvalue weighted by Crippen LogP contribution is -2.14. The van der Waals surface area contributed by atoms with E-state index in [9.17, 15) is 4.79 Å². The molecule has 0 saturated carbocycles. The van der Waals surface area contributed by atoms with Crippen molar-refractivity contribution in [2.75, 3.05) is 32.0 Å². The van der Waals surface area contributed by atoms with E-state index in [2.05, 4.69) is 15.6 Å². The number of hydrogen-bond donors (Lipinski definition) is 2. The highest BCUT2D eigenvalue weighted by Crippen LogP contribution is 2.40. The Balaban J connectivity index is 2.19. The van der Waals surface area contributed by atoms with Crippen LogP contribution in [0.15, 0.2) is 30.5 Å². The Morgan fingerprint density at radius 2 is 1.68 bits per heavy atom. The largest absolute Gasteiger partial charge is 0.493 e. The molecule has 2 aromatic rings. The summed E-state index contributed by atoms with van der Waals surface area (Å²) in [5.74, 6) is 1.84. The van der Waals surface area contributed by atoms with Crippen molar-refractivity contribution in [1.29, 1.82) is 0 Å². The van der Waals surface area contributed by atoms with Gasteiger partial charge in [-0.1, -0.05) is 0 Å². The minimum absolute atomic E-state index is 0.270. The highest BCUT2D eigenvalue weighted by Gasteiger charge is 2.15. The van der Waals surface area contributed by atoms with Crippen LogP contribution < -0.4 is 24.8 Å². The molecule has 0 fully saturated rings. The van der Waals surface area contributed by atoms with E-state index in [-0.39, 0.29) is 11.9 Å². The van der Waals surface area contributed by atoms with E-state index >= 15 is 0 Å². The molecule has 0 bridgehead atoms. The van der Waals surface area contributed by atoms with Crippen molar-refractivity contribution in [3.8, 4) is 17.2 Å². The van der Waals surface area contributed by atoms with Crippen LogP contribution in [0.4, 0.5) is 11.5 Å². The van der Waals surface area contributed by atoms with Crippen LogP contribution in [0.25, 0.3) is 0 Å². The Morgan fingerprint density at radius 1 is 1.04 bits per heavy atom. The number of anilines is 2. The molecule has 1 amide bonds. The van der Waals surface area contributed by atoms with Crippen LogP contribution >= 0.6 is 0 Å². The molecule has 2 rings (SSSR count). The molecule has 1 aromatic heterocycles. The van der Waals surface area contributed by atoms with E-state index in [1.54, 1.807) is 24.3 Å². The fourth-order valence-corrected chi connectivity index (χ4v) is 2.27. The lowest BCUT2D eigenvalue weighted by molar-refractivity contribution is 0.102. The summed E-state index contributed by atoms with van der Waals surface area (Å²) < 4.78 is 15.8. The van der Waals surface area contributed by atoms with E-state index in [1.807, 2.05) is 13.8 Å². The number of amides is 1. The van der Waals surface area contributed by atoms with Crippen molar-refractivity contribution in [3.05, 3.63) is 36.0 Å². The van der Waals surface area contributed by atoms with Crippen molar-refractivity contribution >= 4 is 17.4 Å². The summed E-state index contributed by atoms with van der Waals surface area (Å²) in [7, 11) is 4.57. The second-order valence-corrected chi connectivity index (χ2v) is 5.60. The first-order chi connectivity index (χ1) is 12.0. The van der Waals surface area contributed by atoms with E-state index in [0.717, 1.165) is 5.82 Å². The van der Waals surface area contributed by atoms with Crippen LogP contribution in [0.1, 0.15) is 24.2 Å². The highest BCUT2D eigenvalue weighted by atomic mass is 16.5. The number of nitrogens with zero attached hydrogens (tertiary/aromatic N) is 1. The predicted molar refractivity (Wildman–Crippen MR) is 97.0 cm³/mol. The van der Waals surface area contributed by atoms with Gasteiger partial charge in [0.2, 0.25) is 5.75 Å². The van der Waals surface area contributed by atoms with Crippen LogP contribution in [0, 0.1) is 0 Å². The third-order valence-corrected chi connectivity index (χ3v) is 3.38. The summed E-state index contributed by atoms with van der Waals surface area (Å²) in [4.78, 5) is 16.7. The van der Waals surface area contributed by atoms with E-state index in [4.69, 9.17) is 14.2 Å². The summed E-state index contributed by atoms with van der Waals surface area (Å²) in [6.45, 7) is 4.04. The first-order valence-electron chi connectivity index (χ1n) is 7.82. The quantitative estimate of drug-likeness (QED) is 0.802. The molecule has 134 valence electrons. The Labute approximate surface area is 147 Å². The summed E-state index contributed by atoms with van der Waals surface area (Å²) in [5, 5.41) is 5.98. The van der Waals surface area contributed by atoms with E-state index in [0.29, 0.717) is 28.5 Å². The molecule has 7 heteroatoms. The van der Waals surface area contributed by atoms with Crippen molar-refractivity contribution in [1.82, 2.24) is 4.98 Å². The highest BCUT2D eigenvalue weighted by molar-refractivity contribution is 6.04. The number of carbonyl (C=O) groups excluding carboxylic acids is 1. The van der Waals surface area contributed by atoms with E-state index < -0.39 is 0 Å². The monoisotopic (exact) mass is 345 g/mol. The Bertz CT molecular complexity index is 705. The zero-order valence-corrected chi connectivity index (χ0v) is 15.0. The molecule has 0 aliphatic carbocycles. The Kier molecular flexibility index (Phi) is 6.05. The van der Waals surface area contributed by atoms with Crippen molar-refractivity contribution in [3.63, 3.8) is 0 Å². The average molecular weight is 345 g/mol. The Morgan fingerprint density at radius 3 is 2.12 bits per heavy atom. The second-order valence-electron chi connectivity index (χ2n) is 5.60. The molecular weight excluding hydrogens is 322 g/mol. The van der Waals surface area contributed by atoms with Crippen LogP contribution in [-0.4, -0.2) is 38.3 Å². The molecule has 0 aliphatic rings. The number of pyridine rings is 1. The maximum absolute atomic E-state index is 12.4. The fraction of sp³-hybridized carbons (Fsp3) is 0.333. The molecule has 7 nitrogen and oxygen atoms in total. The Hall–Kier alpha value is -2.96. The maximum atomic E-state index is 12.4. The van der Waals surface area contributed by atoms with Gasteiger partial charge in [0, 0.05) is 30.1 Å². The van der Waals surface area contributed by atoms with Crippen LogP contribution in [-0.2, 0) is 0 Å². The van der Waals surface area contributed by atoms with Gasteiger partial charge < -0.3 is 24.8 Å². The lowest BCUT2D eigenvalue weighted by Gasteiger charge is -2.14. The minimum Gasteiger partial charge on any atom is -0.493 e. The molecule has 0 spiro atoms. The van der Waals surface area contributed by atoms with Crippen LogP contribution in [0.2, 0.25) is 0 Å². The van der Waals surface area contributed by atoms with Gasteiger partial charge in [-0.25, -0.2) is 4.98 Å². The van der Waals surface area contributed by atoms with Gasteiger partial charge in [-0.2, -0.15) is 0 Å². The number of nitrogens with one attached hydrogen (secondary N) is 2. The number of rotatable bonds is 7. The lowest BCUT2D eigenvalue weighted by atomic mass is 10.2. The topological polar surface area (TPSA) is 81.7 Å². The van der Waals surface area contributed by atoms with Crippen LogP contribution in [0.3, 0.4) is 0 Å². The summed E-state index contributed by atoms with van der Waals surface area (Å²) in [6.07, 6.45) is 1.53. The number of carbonyl (C=O) groups is 1. The van der Waals surface area contributed by atoms with Crippen molar-refractivity contribution in [2.24, 2.45) is 0 Å². The van der Waals surface area contributed by atoms with Gasteiger partial charge in [0.15, 0.2) is 11.5 Å². The SMILES string of the molecule is COc1cc(NC(=O)c2ccc(NC(C)C)nc2)cc(OC)c1OC. The molecule has 0 saturated heterocycles. The molecule has 0 atom stereocenters. The third-order valence-electron chi connectivity index (χ3n) is 3.38. The summed E-state index contributed by atoms with van der Waals surface area (Å²) >= 11 is 0. The van der Waals surface area contributed by atoms with Gasteiger partial charge in [-0.05, 0) is 26.0 Å². The van der Waals surface area contributed by atoms with E-state index in [1.165, 1.54) is 27.5 Å². The molecular formula is C18H23N3O4. The molecule has 0 unspecified atom stereocenters. The molecule has 25 heavy (non-hydrogen) atoms. The van der Waals surface area contributed by atoms with Gasteiger partial charge in [0.05, 0.1) is 26.9 Å². The van der Waals surface area contributed by atoms with Crippen molar-refractivity contribution in [2.45, 2.75) is 19.9 Å². The summed E-state index contributed by atoms with van der Waals surface area (Å²) in [5.41, 5.74) is 0.979. The van der Waals surface area contributed by atoms with Gasteiger partial charge in [-0.3, -0.25) is 4.79 Å². The van der Waals surface area contributed by atoms with Crippen LogP contribution in [0.5, 0.6) is 17.2 Å². The summed E-state index contributed by atoms with van der Waals surface area (Å²) in [6, 6.07) is 7.09. The zero-order valence-electron chi connectivity index (χ0n) is 15.0. The maximum Gasteiger partial charge on any atom is 0.257 e. The molecule has 0 aliphatic heterocycles. The normalized spacial score (nSPS) is 10.3. The first-order valence-corrected chi connectivity index (χ1v) is 7.82. The second kappa shape index (κ2) is 8.23. The number of ether oxygens (including phenoxy) is 3. The number of benzene rings is 1. The first kappa shape index (κ1) is 18.4. The van der Waals surface area contributed by atoms with Gasteiger partial charge >= 0.3 is 0 Å². The molecule has 0 radical (unpaired) electrons. The average Bonchev–Trinajstić information content (AvgIpc) is 2.60. The van der Waals surface area contributed by atoms with Crippen molar-refractivity contribution < 1.29 is 19.0 Å². The smallest absolute Gasteiger partial charge is 0.257 e. The molecule has 2 N–H and O–H groups in total. The van der Waals surface area contributed by atoms with Gasteiger partial charge in [-0.15, -0.1) is 0 Å². The fourth-order valence-electron chi connectivity index (χ4n) is 2.27. The number of methoxy groups -OCH3 is 3. The number of aromatic nitrogens is 1. The standard InChI is InChI=1S/C18H23N3O4/c1-11(2)20-16-7-6-12(10-19-16)18(22)21-13-8-14(23-3)17(25-5)15(9-13)24-4/h6-11H,1-5H3,(H,19,20)(H,21,22). The predicted octanol–water partition coefficient (Wildman–Crippen LogP) is 3.18. The zero-order chi connectivity index (χ0) is 18.4. The van der Waals surface area contributed by atoms with Gasteiger partial charge in [0.25, 0.3) is 5.91 Å².